The van der Waals surface area contributed by atoms with E-state index in [1.807, 2.05) is 0 Å². The van der Waals surface area contributed by atoms with Crippen LogP contribution in [0.3, 0.4) is 0 Å². The molecular weight excluding hydrogens is 183 g/mol. The number of aromatic nitrogens is 3. The molecule has 2 aromatic heterocycles. The normalized spacial score (nSPS) is 10.1. The van der Waals surface area contributed by atoms with Gasteiger partial charge in [-0.3, -0.25) is 4.98 Å². The molecule has 4 nitrogen and oxygen atoms in total. The van der Waals surface area contributed by atoms with E-state index in [2.05, 4.69) is 15.0 Å². The van der Waals surface area contributed by atoms with Crippen LogP contribution >= 0.6 is 0 Å². The topological polar surface area (TPSA) is 64.7 Å². The Morgan fingerprint density at radius 1 is 1.14 bits per heavy atom. The molecule has 0 unspecified atom stereocenters. The van der Waals surface area contributed by atoms with Gasteiger partial charge in [-0.2, -0.15) is 0 Å². The summed E-state index contributed by atoms with van der Waals surface area (Å²) in [7, 11) is 0. The largest absolute Gasteiger partial charge is 0.368 e. The molecule has 0 aliphatic rings. The van der Waals surface area contributed by atoms with Gasteiger partial charge in [-0.15, -0.1) is 0 Å². The highest BCUT2D eigenvalue weighted by Gasteiger charge is 2.04. The molecule has 0 fully saturated rings. The molecule has 0 aliphatic heterocycles. The summed E-state index contributed by atoms with van der Waals surface area (Å²) >= 11 is 0. The summed E-state index contributed by atoms with van der Waals surface area (Å²) in [5.74, 6) is -0.232. The fourth-order valence-corrected chi connectivity index (χ4v) is 1.09. The van der Waals surface area contributed by atoms with Crippen LogP contribution < -0.4 is 5.73 Å². The molecule has 0 aliphatic carbocycles. The second-order valence-corrected chi connectivity index (χ2v) is 2.69. The maximum atomic E-state index is 13.2. The third-order valence-corrected chi connectivity index (χ3v) is 1.76. The predicted molar refractivity (Wildman–Crippen MR) is 49.6 cm³/mol. The Morgan fingerprint density at radius 2 is 1.86 bits per heavy atom. The number of nitrogen functional groups attached to an aromatic ring is 1. The first kappa shape index (κ1) is 8.55. The van der Waals surface area contributed by atoms with Crippen molar-refractivity contribution < 1.29 is 4.39 Å². The van der Waals surface area contributed by atoms with E-state index in [4.69, 9.17) is 5.73 Å². The van der Waals surface area contributed by atoms with Gasteiger partial charge in [-0.1, -0.05) is 0 Å². The van der Waals surface area contributed by atoms with Gasteiger partial charge in [-0.25, -0.2) is 14.4 Å². The summed E-state index contributed by atoms with van der Waals surface area (Å²) in [6.45, 7) is 0. The molecule has 14 heavy (non-hydrogen) atoms. The van der Waals surface area contributed by atoms with Crippen molar-refractivity contribution in [2.75, 3.05) is 5.73 Å². The predicted octanol–water partition coefficient (Wildman–Crippen LogP) is 1.26. The Kier molecular flexibility index (Phi) is 2.06. The van der Waals surface area contributed by atoms with Crippen molar-refractivity contribution in [3.8, 4) is 11.1 Å². The third-order valence-electron chi connectivity index (χ3n) is 1.76. The molecule has 0 saturated carbocycles. The first-order chi connectivity index (χ1) is 6.77. The molecule has 0 saturated heterocycles. The van der Waals surface area contributed by atoms with E-state index < -0.39 is 5.82 Å². The highest BCUT2D eigenvalue weighted by molar-refractivity contribution is 5.61. The van der Waals surface area contributed by atoms with Gasteiger partial charge in [0, 0.05) is 29.7 Å². The lowest BCUT2D eigenvalue weighted by molar-refractivity contribution is 0.625. The average Bonchev–Trinajstić information content (AvgIpc) is 2.20. The van der Waals surface area contributed by atoms with Crippen LogP contribution in [-0.4, -0.2) is 15.0 Å². The van der Waals surface area contributed by atoms with E-state index in [0.717, 1.165) is 6.20 Å². The Balaban J connectivity index is 2.50. The van der Waals surface area contributed by atoms with Crippen LogP contribution in [0.5, 0.6) is 0 Å². The SMILES string of the molecule is Nc1ncc(-c2ccncc2F)cn1. The zero-order valence-electron chi connectivity index (χ0n) is 7.18. The number of hydrogen-bond donors (Lipinski definition) is 1. The van der Waals surface area contributed by atoms with Crippen molar-refractivity contribution >= 4 is 5.95 Å². The minimum atomic E-state index is -0.402. The molecule has 0 aromatic carbocycles. The van der Waals surface area contributed by atoms with E-state index in [1.54, 1.807) is 6.07 Å². The Hall–Kier alpha value is -2.04. The number of nitrogens with zero attached hydrogens (tertiary/aromatic N) is 3. The molecule has 2 heterocycles. The van der Waals surface area contributed by atoms with Crippen molar-refractivity contribution in [2.45, 2.75) is 0 Å². The summed E-state index contributed by atoms with van der Waals surface area (Å²) < 4.78 is 13.2. The summed E-state index contributed by atoms with van der Waals surface area (Å²) in [6, 6.07) is 1.56. The van der Waals surface area contributed by atoms with Crippen molar-refractivity contribution in [3.05, 3.63) is 36.7 Å². The van der Waals surface area contributed by atoms with Gasteiger partial charge in [0.2, 0.25) is 5.95 Å². The molecule has 2 rings (SSSR count). The number of rotatable bonds is 1. The second kappa shape index (κ2) is 3.37. The smallest absolute Gasteiger partial charge is 0.219 e. The maximum absolute atomic E-state index is 13.2. The number of anilines is 1. The summed E-state index contributed by atoms with van der Waals surface area (Å²) in [4.78, 5) is 11.2. The third kappa shape index (κ3) is 1.52. The lowest BCUT2D eigenvalue weighted by Gasteiger charge is -2.00. The van der Waals surface area contributed by atoms with Crippen LogP contribution in [0, 0.1) is 5.82 Å². The minimum absolute atomic E-state index is 0.170. The molecule has 70 valence electrons. The average molecular weight is 190 g/mol. The van der Waals surface area contributed by atoms with Gasteiger partial charge in [0.25, 0.3) is 0 Å². The van der Waals surface area contributed by atoms with Crippen molar-refractivity contribution in [2.24, 2.45) is 0 Å². The van der Waals surface area contributed by atoms with Gasteiger partial charge >= 0.3 is 0 Å². The number of nitrogens with two attached hydrogens (primary N) is 1. The van der Waals surface area contributed by atoms with Crippen LogP contribution in [0.15, 0.2) is 30.9 Å². The number of halogens is 1. The van der Waals surface area contributed by atoms with Crippen LogP contribution in [0.1, 0.15) is 0 Å². The zero-order valence-corrected chi connectivity index (χ0v) is 7.18. The van der Waals surface area contributed by atoms with Gasteiger partial charge < -0.3 is 5.73 Å². The summed E-state index contributed by atoms with van der Waals surface area (Å²) in [5.41, 5.74) is 6.31. The molecule has 0 atom stereocenters. The molecule has 2 aromatic rings. The van der Waals surface area contributed by atoms with Crippen molar-refractivity contribution in [1.82, 2.24) is 15.0 Å². The van der Waals surface area contributed by atoms with Crippen LogP contribution in [0.25, 0.3) is 11.1 Å². The molecule has 2 N–H and O–H groups in total. The molecule has 5 heteroatoms. The van der Waals surface area contributed by atoms with E-state index in [1.165, 1.54) is 18.6 Å². The summed E-state index contributed by atoms with van der Waals surface area (Å²) in [5, 5.41) is 0. The van der Waals surface area contributed by atoms with Crippen molar-refractivity contribution in [1.29, 1.82) is 0 Å². The van der Waals surface area contributed by atoms with Gasteiger partial charge in [-0.05, 0) is 6.07 Å². The lowest BCUT2D eigenvalue weighted by Crippen LogP contribution is -1.94. The monoisotopic (exact) mass is 190 g/mol. The Morgan fingerprint density at radius 3 is 2.50 bits per heavy atom. The van der Waals surface area contributed by atoms with E-state index in [0.29, 0.717) is 11.1 Å². The highest BCUT2D eigenvalue weighted by atomic mass is 19.1. The van der Waals surface area contributed by atoms with Gasteiger partial charge in [0.15, 0.2) is 0 Å². The van der Waals surface area contributed by atoms with E-state index in [9.17, 15) is 4.39 Å². The first-order valence-electron chi connectivity index (χ1n) is 3.95. The Bertz CT molecular complexity index is 441. The standard InChI is InChI=1S/C9H7FN4/c10-8-5-12-2-1-7(8)6-3-13-9(11)14-4-6/h1-5H,(H2,11,13,14). The van der Waals surface area contributed by atoms with Crippen LogP contribution in [0.2, 0.25) is 0 Å². The quantitative estimate of drug-likeness (QED) is 0.735. The molecule has 0 spiro atoms. The van der Waals surface area contributed by atoms with Gasteiger partial charge in [0.1, 0.15) is 5.82 Å². The molecule has 0 radical (unpaired) electrons. The molecular formula is C9H7FN4. The van der Waals surface area contributed by atoms with Crippen molar-refractivity contribution in [3.63, 3.8) is 0 Å². The van der Waals surface area contributed by atoms with Crippen LogP contribution in [-0.2, 0) is 0 Å². The van der Waals surface area contributed by atoms with Gasteiger partial charge in [0.05, 0.1) is 6.20 Å². The molecule has 0 amide bonds. The fourth-order valence-electron chi connectivity index (χ4n) is 1.09. The van der Waals surface area contributed by atoms with E-state index in [-0.39, 0.29) is 5.95 Å². The summed E-state index contributed by atoms with van der Waals surface area (Å²) in [6.07, 6.45) is 5.60. The maximum Gasteiger partial charge on any atom is 0.219 e. The molecule has 0 bridgehead atoms. The number of pyridine rings is 1. The fraction of sp³-hybridized carbons (Fsp3) is 0. The Labute approximate surface area is 79.7 Å². The van der Waals surface area contributed by atoms with E-state index >= 15 is 0 Å². The number of hydrogen-bond acceptors (Lipinski definition) is 4. The highest BCUT2D eigenvalue weighted by Crippen LogP contribution is 2.19. The first-order valence-corrected chi connectivity index (χ1v) is 3.95. The second-order valence-electron chi connectivity index (χ2n) is 2.69. The van der Waals surface area contributed by atoms with Crippen LogP contribution in [0.4, 0.5) is 10.3 Å². The lowest BCUT2D eigenvalue weighted by atomic mass is 10.1. The zero-order chi connectivity index (χ0) is 9.97. The minimum Gasteiger partial charge on any atom is -0.368 e.